The van der Waals surface area contributed by atoms with Crippen LogP contribution in [0.3, 0.4) is 0 Å². The Morgan fingerprint density at radius 3 is 2.07 bits per heavy atom. The lowest BCUT2D eigenvalue weighted by atomic mass is 10.3. The first-order chi connectivity index (χ1) is 6.25. The highest BCUT2D eigenvalue weighted by Crippen LogP contribution is 2.42. The van der Waals surface area contributed by atoms with Crippen LogP contribution in [-0.2, 0) is 9.05 Å². The Balaban J connectivity index is 3.70. The van der Waals surface area contributed by atoms with Gasteiger partial charge in [0, 0.05) is 10.7 Å². The van der Waals surface area contributed by atoms with Crippen molar-refractivity contribution in [3.63, 3.8) is 0 Å². The molecule has 1 N–H and O–H groups in total. The zero-order valence-electron chi connectivity index (χ0n) is 6.26. The van der Waals surface area contributed by atoms with Gasteiger partial charge in [0.15, 0.2) is 5.75 Å². The van der Waals surface area contributed by atoms with Crippen LogP contribution in [0.25, 0.3) is 0 Å². The first-order valence-electron chi connectivity index (χ1n) is 3.06. The minimum absolute atomic E-state index is 0.149. The first kappa shape index (κ1) is 12.2. The summed E-state index contributed by atoms with van der Waals surface area (Å²) in [4.78, 5) is -0.551. The highest BCUT2D eigenvalue weighted by atomic mass is 35.7. The Kier molecular flexibility index (Phi) is 3.44. The third-order valence-electron chi connectivity index (χ3n) is 1.35. The van der Waals surface area contributed by atoms with E-state index in [1.54, 1.807) is 0 Å². The summed E-state index contributed by atoms with van der Waals surface area (Å²) in [5, 5.41) is 8.35. The zero-order valence-corrected chi connectivity index (χ0v) is 10.1. The van der Waals surface area contributed by atoms with Crippen molar-refractivity contribution < 1.29 is 13.5 Å². The van der Waals surface area contributed by atoms with Crippen LogP contribution >= 0.6 is 45.5 Å². The molecule has 0 aromatic heterocycles. The first-order valence-corrected chi connectivity index (χ1v) is 6.50. The molecule has 0 spiro atoms. The summed E-state index contributed by atoms with van der Waals surface area (Å²) < 4.78 is 22.0. The van der Waals surface area contributed by atoms with Gasteiger partial charge in [-0.2, -0.15) is 0 Å². The van der Waals surface area contributed by atoms with Gasteiger partial charge in [-0.05, 0) is 6.07 Å². The van der Waals surface area contributed by atoms with Gasteiger partial charge in [0.25, 0.3) is 9.05 Å². The molecular weight excluding hydrogens is 294 g/mol. The molecule has 0 unspecified atom stereocenters. The summed E-state index contributed by atoms with van der Waals surface area (Å²) >= 11 is 16.5. The van der Waals surface area contributed by atoms with Crippen LogP contribution in [0, 0.1) is 0 Å². The van der Waals surface area contributed by atoms with Crippen molar-refractivity contribution in [2.45, 2.75) is 4.90 Å². The van der Waals surface area contributed by atoms with Crippen LogP contribution in [0.5, 0.6) is 5.75 Å². The van der Waals surface area contributed by atoms with Gasteiger partial charge >= 0.3 is 0 Å². The van der Waals surface area contributed by atoms with Gasteiger partial charge in [-0.25, -0.2) is 8.42 Å². The third kappa shape index (κ3) is 2.20. The second kappa shape index (κ2) is 3.94. The smallest absolute Gasteiger partial charge is 0.264 e. The van der Waals surface area contributed by atoms with E-state index in [9.17, 15) is 13.5 Å². The Bertz CT molecular complexity index is 482. The van der Waals surface area contributed by atoms with Crippen molar-refractivity contribution in [3.8, 4) is 5.75 Å². The van der Waals surface area contributed by atoms with Crippen LogP contribution in [0.1, 0.15) is 0 Å². The van der Waals surface area contributed by atoms with E-state index in [0.717, 1.165) is 6.07 Å². The van der Waals surface area contributed by atoms with E-state index >= 15 is 0 Å². The lowest BCUT2D eigenvalue weighted by molar-refractivity contribution is 0.474. The molecule has 1 rings (SSSR count). The summed E-state index contributed by atoms with van der Waals surface area (Å²) in [6, 6.07) is 1.04. The molecule has 0 radical (unpaired) electrons. The Morgan fingerprint density at radius 2 is 1.64 bits per heavy atom. The lowest BCUT2D eigenvalue weighted by Gasteiger charge is -2.06. The molecule has 0 amide bonds. The Hall–Kier alpha value is 0.130. The summed E-state index contributed by atoms with van der Waals surface area (Å²) in [5.41, 5.74) is 0. The van der Waals surface area contributed by atoms with Gasteiger partial charge in [0.2, 0.25) is 0 Å². The zero-order chi connectivity index (χ0) is 11.1. The second-order valence-electron chi connectivity index (χ2n) is 2.27. The SMILES string of the molecule is O=S(=O)(Cl)c1c(Cl)cc(Cl)c(O)c1Cl. The minimum atomic E-state index is -4.11. The maximum absolute atomic E-state index is 11.0. The van der Waals surface area contributed by atoms with E-state index in [1.807, 2.05) is 0 Å². The largest absolute Gasteiger partial charge is 0.505 e. The van der Waals surface area contributed by atoms with Crippen molar-refractivity contribution in [3.05, 3.63) is 21.1 Å². The van der Waals surface area contributed by atoms with Crippen LogP contribution in [-0.4, -0.2) is 13.5 Å². The lowest BCUT2D eigenvalue weighted by Crippen LogP contribution is -1.94. The van der Waals surface area contributed by atoms with Crippen LogP contribution < -0.4 is 0 Å². The number of hydrogen-bond donors (Lipinski definition) is 1. The average molecular weight is 296 g/mol. The van der Waals surface area contributed by atoms with E-state index in [-0.39, 0.29) is 10.0 Å². The van der Waals surface area contributed by atoms with Gasteiger partial charge in [0.1, 0.15) is 9.92 Å². The molecule has 0 aliphatic rings. The van der Waals surface area contributed by atoms with E-state index in [4.69, 9.17) is 45.5 Å². The van der Waals surface area contributed by atoms with E-state index < -0.39 is 24.7 Å². The maximum Gasteiger partial charge on any atom is 0.264 e. The number of hydrogen-bond acceptors (Lipinski definition) is 3. The molecule has 0 aliphatic carbocycles. The van der Waals surface area contributed by atoms with Crippen LogP contribution in [0.2, 0.25) is 15.1 Å². The molecular formula is C6H2Cl4O3S. The third-order valence-corrected chi connectivity index (χ3v) is 3.90. The maximum atomic E-state index is 11.0. The summed E-state index contributed by atoms with van der Waals surface area (Å²) in [7, 11) is 0.929. The summed E-state index contributed by atoms with van der Waals surface area (Å²) in [5.74, 6) is -0.572. The fraction of sp³-hybridized carbons (Fsp3) is 0. The molecule has 0 bridgehead atoms. The van der Waals surface area contributed by atoms with Gasteiger partial charge in [0.05, 0.1) is 10.0 Å². The number of phenolic OH excluding ortho intramolecular Hbond substituents is 1. The quantitative estimate of drug-likeness (QED) is 0.809. The highest BCUT2D eigenvalue weighted by molar-refractivity contribution is 8.14. The van der Waals surface area contributed by atoms with Crippen LogP contribution in [0.4, 0.5) is 0 Å². The molecule has 0 heterocycles. The fourth-order valence-corrected chi connectivity index (χ4v) is 3.48. The molecule has 0 aliphatic heterocycles. The van der Waals surface area contributed by atoms with E-state index in [2.05, 4.69) is 0 Å². The number of halogens is 4. The minimum Gasteiger partial charge on any atom is -0.505 e. The number of benzene rings is 1. The number of phenols is 1. The predicted molar refractivity (Wildman–Crippen MR) is 56.2 cm³/mol. The average Bonchev–Trinajstić information content (AvgIpc) is 1.97. The van der Waals surface area contributed by atoms with Crippen LogP contribution in [0.15, 0.2) is 11.0 Å². The normalized spacial score (nSPS) is 11.7. The standard InChI is InChI=1S/C6H2Cl4O3S/c7-2-1-3(8)6(14(10,12)13)4(9)5(2)11/h1,11H. The molecule has 14 heavy (non-hydrogen) atoms. The number of rotatable bonds is 1. The monoisotopic (exact) mass is 294 g/mol. The molecule has 0 atom stereocenters. The second-order valence-corrected chi connectivity index (χ2v) is 5.96. The molecule has 1 aromatic carbocycles. The number of aromatic hydroxyl groups is 1. The van der Waals surface area contributed by atoms with Crippen molar-refractivity contribution in [1.82, 2.24) is 0 Å². The van der Waals surface area contributed by atoms with Crippen molar-refractivity contribution in [2.75, 3.05) is 0 Å². The van der Waals surface area contributed by atoms with Gasteiger partial charge < -0.3 is 5.11 Å². The molecule has 0 saturated carbocycles. The molecule has 0 fully saturated rings. The molecule has 78 valence electrons. The molecule has 8 heteroatoms. The fourth-order valence-electron chi connectivity index (χ4n) is 0.786. The van der Waals surface area contributed by atoms with Crippen molar-refractivity contribution in [2.24, 2.45) is 0 Å². The Labute approximate surface area is 99.6 Å². The predicted octanol–water partition coefficient (Wildman–Crippen LogP) is 3.28. The molecule has 0 saturated heterocycles. The highest BCUT2D eigenvalue weighted by Gasteiger charge is 2.23. The van der Waals surface area contributed by atoms with Gasteiger partial charge in [-0.1, -0.05) is 34.8 Å². The van der Waals surface area contributed by atoms with E-state index in [0.29, 0.717) is 0 Å². The van der Waals surface area contributed by atoms with Crippen molar-refractivity contribution >= 4 is 54.5 Å². The summed E-state index contributed by atoms with van der Waals surface area (Å²) in [6.45, 7) is 0. The molecule has 3 nitrogen and oxygen atoms in total. The van der Waals surface area contributed by atoms with Gasteiger partial charge in [-0.15, -0.1) is 0 Å². The van der Waals surface area contributed by atoms with E-state index in [1.165, 1.54) is 0 Å². The Morgan fingerprint density at radius 1 is 1.14 bits per heavy atom. The topological polar surface area (TPSA) is 54.4 Å². The van der Waals surface area contributed by atoms with Crippen molar-refractivity contribution in [1.29, 1.82) is 0 Å². The van der Waals surface area contributed by atoms with Gasteiger partial charge in [-0.3, -0.25) is 0 Å². The summed E-state index contributed by atoms with van der Waals surface area (Å²) in [6.07, 6.45) is 0. The molecule has 1 aromatic rings.